The first-order valence-corrected chi connectivity index (χ1v) is 9.36. The molecule has 1 unspecified atom stereocenters. The molecule has 0 spiro atoms. The first-order valence-electron chi connectivity index (χ1n) is 9.36. The average Bonchev–Trinajstić information content (AvgIpc) is 3.13. The van der Waals surface area contributed by atoms with Crippen LogP contribution in [0.4, 0.5) is 8.78 Å². The van der Waals surface area contributed by atoms with E-state index in [1.165, 1.54) is 4.90 Å². The van der Waals surface area contributed by atoms with Gasteiger partial charge in [0.25, 0.3) is 5.92 Å². The molecule has 2 heterocycles. The van der Waals surface area contributed by atoms with Gasteiger partial charge in [-0.1, -0.05) is 30.3 Å². The summed E-state index contributed by atoms with van der Waals surface area (Å²) < 4.78 is 26.7. The zero-order valence-electron chi connectivity index (χ0n) is 15.6. The van der Waals surface area contributed by atoms with Gasteiger partial charge in [-0.25, -0.2) is 13.8 Å². The van der Waals surface area contributed by atoms with Crippen molar-refractivity contribution in [2.75, 3.05) is 19.6 Å². The van der Waals surface area contributed by atoms with E-state index >= 15 is 0 Å². The summed E-state index contributed by atoms with van der Waals surface area (Å²) >= 11 is 0. The number of nitrogens with zero attached hydrogens (tertiary/aromatic N) is 3. The highest BCUT2D eigenvalue weighted by atomic mass is 19.3. The fourth-order valence-corrected chi connectivity index (χ4v) is 3.77. The molecule has 1 N–H and O–H groups in total. The molecule has 0 radical (unpaired) electrons. The number of hydrogen-bond donors (Lipinski definition) is 1. The Morgan fingerprint density at radius 1 is 1.25 bits per heavy atom. The van der Waals surface area contributed by atoms with Gasteiger partial charge >= 0.3 is 0 Å². The van der Waals surface area contributed by atoms with Crippen LogP contribution in [0.25, 0.3) is 0 Å². The monoisotopic (exact) mass is 388 g/mol. The van der Waals surface area contributed by atoms with Crippen LogP contribution in [0.5, 0.6) is 0 Å². The SMILES string of the molecule is Cc1ncc(CC(=O)N2CCN(C(=O)[C@@H]3CC3(F)F)CC2c2ccccc2)[nH]1. The minimum absolute atomic E-state index is 0.0821. The zero-order chi connectivity index (χ0) is 19.9. The van der Waals surface area contributed by atoms with Gasteiger partial charge < -0.3 is 14.8 Å². The van der Waals surface area contributed by atoms with Gasteiger partial charge in [-0.15, -0.1) is 0 Å². The van der Waals surface area contributed by atoms with Crippen LogP contribution in [0.15, 0.2) is 36.5 Å². The number of hydrogen-bond acceptors (Lipinski definition) is 3. The molecule has 6 nitrogen and oxygen atoms in total. The highest BCUT2D eigenvalue weighted by molar-refractivity contribution is 5.84. The molecule has 1 aliphatic heterocycles. The normalized spacial score (nSPS) is 23.5. The molecule has 1 aliphatic carbocycles. The molecule has 2 atom stereocenters. The Kier molecular flexibility index (Phi) is 4.64. The van der Waals surface area contributed by atoms with Crippen molar-refractivity contribution in [1.82, 2.24) is 19.8 Å². The fourth-order valence-electron chi connectivity index (χ4n) is 3.77. The highest BCUT2D eigenvalue weighted by Gasteiger charge is 2.62. The number of aromatic nitrogens is 2. The number of halogens is 2. The summed E-state index contributed by atoms with van der Waals surface area (Å²) in [6.45, 7) is 2.62. The Morgan fingerprint density at radius 3 is 2.57 bits per heavy atom. The van der Waals surface area contributed by atoms with E-state index in [9.17, 15) is 18.4 Å². The van der Waals surface area contributed by atoms with Gasteiger partial charge in [-0.05, 0) is 12.5 Å². The average molecular weight is 388 g/mol. The standard InChI is InChI=1S/C20H22F2N4O2/c1-13-23-11-15(24-13)9-18(27)26-8-7-25(19(28)16-10-20(16,21)22)12-17(26)14-5-3-2-4-6-14/h2-6,11,16-17H,7-10,12H2,1H3,(H,23,24)/t16-,17?/m0/s1. The number of piperazine rings is 1. The molecular weight excluding hydrogens is 366 g/mol. The molecule has 28 heavy (non-hydrogen) atoms. The maximum absolute atomic E-state index is 13.3. The van der Waals surface area contributed by atoms with Crippen LogP contribution in [-0.2, 0) is 16.0 Å². The third kappa shape index (κ3) is 3.63. The van der Waals surface area contributed by atoms with Gasteiger partial charge in [0.1, 0.15) is 11.7 Å². The molecule has 2 amide bonds. The highest BCUT2D eigenvalue weighted by Crippen LogP contribution is 2.49. The summed E-state index contributed by atoms with van der Waals surface area (Å²) in [5.74, 6) is -3.95. The first-order chi connectivity index (χ1) is 13.3. The molecule has 1 saturated heterocycles. The van der Waals surface area contributed by atoms with E-state index in [-0.39, 0.29) is 37.9 Å². The number of nitrogens with one attached hydrogen (secondary N) is 1. The number of carbonyl (C=O) groups is 2. The molecule has 2 aromatic rings. The quantitative estimate of drug-likeness (QED) is 0.874. The molecular formula is C20H22F2N4O2. The van der Waals surface area contributed by atoms with Crippen molar-refractivity contribution in [1.29, 1.82) is 0 Å². The van der Waals surface area contributed by atoms with E-state index in [0.717, 1.165) is 17.1 Å². The van der Waals surface area contributed by atoms with Crippen LogP contribution in [0.2, 0.25) is 0 Å². The van der Waals surface area contributed by atoms with Crippen molar-refractivity contribution in [3.8, 4) is 0 Å². The number of imidazole rings is 1. The number of alkyl halides is 2. The lowest BCUT2D eigenvalue weighted by Gasteiger charge is -2.42. The lowest BCUT2D eigenvalue weighted by Crippen LogP contribution is -2.53. The van der Waals surface area contributed by atoms with Gasteiger partial charge in [0, 0.05) is 37.9 Å². The van der Waals surface area contributed by atoms with Crippen molar-refractivity contribution in [3.05, 3.63) is 53.6 Å². The number of carbonyl (C=O) groups excluding carboxylic acids is 2. The smallest absolute Gasteiger partial charge is 0.260 e. The van der Waals surface area contributed by atoms with Gasteiger partial charge in [0.15, 0.2) is 0 Å². The van der Waals surface area contributed by atoms with Crippen molar-refractivity contribution in [2.45, 2.75) is 31.7 Å². The van der Waals surface area contributed by atoms with E-state index in [1.54, 1.807) is 11.1 Å². The second-order valence-electron chi connectivity index (χ2n) is 7.49. The Hall–Kier alpha value is -2.77. The first kappa shape index (κ1) is 18.6. The molecule has 2 fully saturated rings. The van der Waals surface area contributed by atoms with Crippen LogP contribution in [0.1, 0.15) is 29.5 Å². The van der Waals surface area contributed by atoms with Crippen molar-refractivity contribution >= 4 is 11.8 Å². The summed E-state index contributed by atoms with van der Waals surface area (Å²) in [5, 5.41) is 0. The van der Waals surface area contributed by atoms with Crippen molar-refractivity contribution in [2.24, 2.45) is 5.92 Å². The second-order valence-corrected chi connectivity index (χ2v) is 7.49. The number of H-pyrrole nitrogens is 1. The summed E-state index contributed by atoms with van der Waals surface area (Å²) in [5.41, 5.74) is 1.61. The van der Waals surface area contributed by atoms with Crippen LogP contribution >= 0.6 is 0 Å². The Bertz CT molecular complexity index is 883. The predicted octanol–water partition coefficient (Wildman–Crippen LogP) is 2.33. The van der Waals surface area contributed by atoms with Gasteiger partial charge in [0.05, 0.1) is 12.5 Å². The van der Waals surface area contributed by atoms with Gasteiger partial charge in [-0.2, -0.15) is 0 Å². The maximum Gasteiger partial charge on any atom is 0.260 e. The summed E-state index contributed by atoms with van der Waals surface area (Å²) in [4.78, 5) is 35.8. The van der Waals surface area contributed by atoms with Crippen LogP contribution in [-0.4, -0.2) is 57.1 Å². The minimum atomic E-state index is -2.88. The Labute approximate surface area is 161 Å². The lowest BCUT2D eigenvalue weighted by atomic mass is 10.0. The third-order valence-electron chi connectivity index (χ3n) is 5.42. The van der Waals surface area contributed by atoms with Crippen LogP contribution in [0.3, 0.4) is 0 Å². The zero-order valence-corrected chi connectivity index (χ0v) is 15.6. The largest absolute Gasteiger partial charge is 0.346 e. The van der Waals surface area contributed by atoms with Crippen LogP contribution < -0.4 is 0 Å². The molecule has 1 saturated carbocycles. The molecule has 148 valence electrons. The molecule has 8 heteroatoms. The predicted molar refractivity (Wildman–Crippen MR) is 97.6 cm³/mol. The second kappa shape index (κ2) is 7.00. The number of rotatable bonds is 4. The van der Waals surface area contributed by atoms with Gasteiger partial charge in [-0.3, -0.25) is 9.59 Å². The summed E-state index contributed by atoms with van der Waals surface area (Å²) in [7, 11) is 0. The topological polar surface area (TPSA) is 69.3 Å². The van der Waals surface area contributed by atoms with Crippen molar-refractivity contribution < 1.29 is 18.4 Å². The molecule has 0 bridgehead atoms. The van der Waals surface area contributed by atoms with Gasteiger partial charge in [0.2, 0.25) is 11.8 Å². The summed E-state index contributed by atoms with van der Waals surface area (Å²) in [6, 6.07) is 9.04. The molecule has 4 rings (SSSR count). The van der Waals surface area contributed by atoms with E-state index in [2.05, 4.69) is 9.97 Å². The maximum atomic E-state index is 13.3. The number of aryl methyl sites for hydroxylation is 1. The Balaban J connectivity index is 1.53. The number of amides is 2. The number of benzene rings is 1. The van der Waals surface area contributed by atoms with Crippen LogP contribution in [0, 0.1) is 12.8 Å². The molecule has 1 aromatic carbocycles. The number of aromatic amines is 1. The minimum Gasteiger partial charge on any atom is -0.346 e. The fraction of sp³-hybridized carbons (Fsp3) is 0.450. The van der Waals surface area contributed by atoms with E-state index in [1.807, 2.05) is 37.3 Å². The third-order valence-corrected chi connectivity index (χ3v) is 5.42. The lowest BCUT2D eigenvalue weighted by molar-refractivity contribution is -0.145. The Morgan fingerprint density at radius 2 is 1.96 bits per heavy atom. The summed E-state index contributed by atoms with van der Waals surface area (Å²) in [6.07, 6.45) is 1.44. The van der Waals surface area contributed by atoms with E-state index in [0.29, 0.717) is 6.54 Å². The molecule has 2 aliphatic rings. The molecule has 1 aromatic heterocycles. The van der Waals surface area contributed by atoms with E-state index < -0.39 is 17.7 Å². The van der Waals surface area contributed by atoms with Crippen molar-refractivity contribution in [3.63, 3.8) is 0 Å². The van der Waals surface area contributed by atoms with E-state index in [4.69, 9.17) is 0 Å².